The number of carboxylic acids is 1. The standard InChI is InChI=1S/C14H7F2NO3/c15-9-2-4-13(11(5-9)14(18)19)20-10-3-1-8(7-17)12(16)6-10/h1-6H,(H,18,19). The highest BCUT2D eigenvalue weighted by molar-refractivity contribution is 5.91. The molecule has 2 aromatic carbocycles. The van der Waals surface area contributed by atoms with E-state index >= 15 is 0 Å². The minimum atomic E-state index is -1.37. The van der Waals surface area contributed by atoms with Crippen LogP contribution in [0.1, 0.15) is 15.9 Å². The highest BCUT2D eigenvalue weighted by atomic mass is 19.1. The fraction of sp³-hybridized carbons (Fsp3) is 0. The third-order valence-electron chi connectivity index (χ3n) is 2.46. The summed E-state index contributed by atoms with van der Waals surface area (Å²) in [5.74, 6) is -2.99. The van der Waals surface area contributed by atoms with E-state index in [4.69, 9.17) is 15.1 Å². The van der Waals surface area contributed by atoms with Crippen LogP contribution in [-0.2, 0) is 0 Å². The molecule has 4 nitrogen and oxygen atoms in total. The van der Waals surface area contributed by atoms with Gasteiger partial charge in [-0.25, -0.2) is 13.6 Å². The summed E-state index contributed by atoms with van der Waals surface area (Å²) in [7, 11) is 0. The number of hydrogen-bond donors (Lipinski definition) is 1. The van der Waals surface area contributed by atoms with Gasteiger partial charge in [0.25, 0.3) is 0 Å². The monoisotopic (exact) mass is 275 g/mol. The van der Waals surface area contributed by atoms with Crippen LogP contribution in [0.4, 0.5) is 8.78 Å². The van der Waals surface area contributed by atoms with E-state index in [0.29, 0.717) is 0 Å². The Hall–Kier alpha value is -2.94. The van der Waals surface area contributed by atoms with Gasteiger partial charge in [0.2, 0.25) is 0 Å². The van der Waals surface area contributed by atoms with Crippen molar-refractivity contribution in [1.82, 2.24) is 0 Å². The lowest BCUT2D eigenvalue weighted by molar-refractivity contribution is 0.0693. The predicted molar refractivity (Wildman–Crippen MR) is 64.5 cm³/mol. The van der Waals surface area contributed by atoms with Gasteiger partial charge in [-0.2, -0.15) is 5.26 Å². The summed E-state index contributed by atoms with van der Waals surface area (Å²) in [6, 6.07) is 8.09. The number of carbonyl (C=O) groups is 1. The molecule has 0 spiro atoms. The maximum absolute atomic E-state index is 13.4. The fourth-order valence-corrected chi connectivity index (χ4v) is 1.54. The minimum absolute atomic E-state index is 0.00982. The smallest absolute Gasteiger partial charge is 0.339 e. The van der Waals surface area contributed by atoms with Gasteiger partial charge < -0.3 is 9.84 Å². The molecule has 0 heterocycles. The molecule has 0 atom stereocenters. The summed E-state index contributed by atoms with van der Waals surface area (Å²) in [5.41, 5.74) is -0.537. The number of nitriles is 1. The van der Waals surface area contributed by atoms with Crippen molar-refractivity contribution in [3.05, 3.63) is 59.2 Å². The number of ether oxygens (including phenoxy) is 1. The van der Waals surface area contributed by atoms with Gasteiger partial charge in [0.05, 0.1) is 5.56 Å². The zero-order valence-corrected chi connectivity index (χ0v) is 9.93. The van der Waals surface area contributed by atoms with Crippen LogP contribution in [0.15, 0.2) is 36.4 Å². The van der Waals surface area contributed by atoms with Gasteiger partial charge in [0.15, 0.2) is 0 Å². The molecule has 100 valence electrons. The van der Waals surface area contributed by atoms with Gasteiger partial charge in [-0.1, -0.05) is 0 Å². The normalized spacial score (nSPS) is 9.85. The Morgan fingerprint density at radius 3 is 2.55 bits per heavy atom. The van der Waals surface area contributed by atoms with Crippen LogP contribution in [0.3, 0.4) is 0 Å². The van der Waals surface area contributed by atoms with Gasteiger partial charge in [-0.3, -0.25) is 0 Å². The van der Waals surface area contributed by atoms with Gasteiger partial charge in [-0.15, -0.1) is 0 Å². The highest BCUT2D eigenvalue weighted by Crippen LogP contribution is 2.27. The van der Waals surface area contributed by atoms with Crippen molar-refractivity contribution in [2.75, 3.05) is 0 Å². The van der Waals surface area contributed by atoms with Crippen LogP contribution in [0.25, 0.3) is 0 Å². The van der Waals surface area contributed by atoms with Gasteiger partial charge in [0, 0.05) is 6.07 Å². The zero-order chi connectivity index (χ0) is 14.7. The second-order valence-electron chi connectivity index (χ2n) is 3.80. The lowest BCUT2D eigenvalue weighted by Crippen LogP contribution is -2.01. The van der Waals surface area contributed by atoms with Crippen molar-refractivity contribution >= 4 is 5.97 Å². The van der Waals surface area contributed by atoms with E-state index < -0.39 is 17.6 Å². The van der Waals surface area contributed by atoms with Crippen molar-refractivity contribution in [3.8, 4) is 17.6 Å². The predicted octanol–water partition coefficient (Wildman–Crippen LogP) is 3.33. The van der Waals surface area contributed by atoms with Crippen LogP contribution in [0.2, 0.25) is 0 Å². The van der Waals surface area contributed by atoms with E-state index in [1.54, 1.807) is 6.07 Å². The van der Waals surface area contributed by atoms with E-state index in [1.165, 1.54) is 12.1 Å². The highest BCUT2D eigenvalue weighted by Gasteiger charge is 2.14. The average Bonchev–Trinajstić information content (AvgIpc) is 2.41. The number of benzene rings is 2. The quantitative estimate of drug-likeness (QED) is 0.932. The van der Waals surface area contributed by atoms with Crippen molar-refractivity contribution in [3.63, 3.8) is 0 Å². The molecule has 0 aliphatic carbocycles. The molecule has 0 fully saturated rings. The summed E-state index contributed by atoms with van der Waals surface area (Å²) in [6.45, 7) is 0. The van der Waals surface area contributed by atoms with E-state index in [9.17, 15) is 13.6 Å². The lowest BCUT2D eigenvalue weighted by Gasteiger charge is -2.09. The first-order valence-electron chi connectivity index (χ1n) is 5.41. The van der Waals surface area contributed by atoms with E-state index in [1.807, 2.05) is 0 Å². The number of halogens is 2. The number of carboxylic acid groups (broad SMARTS) is 1. The topological polar surface area (TPSA) is 70.3 Å². The molecule has 2 rings (SSSR count). The van der Waals surface area contributed by atoms with Crippen molar-refractivity contribution < 1.29 is 23.4 Å². The summed E-state index contributed by atoms with van der Waals surface area (Å²) in [4.78, 5) is 11.0. The molecule has 0 aliphatic rings. The van der Waals surface area contributed by atoms with Crippen molar-refractivity contribution in [2.24, 2.45) is 0 Å². The van der Waals surface area contributed by atoms with E-state index in [-0.39, 0.29) is 22.6 Å². The second kappa shape index (κ2) is 5.36. The lowest BCUT2D eigenvalue weighted by atomic mass is 10.2. The van der Waals surface area contributed by atoms with Gasteiger partial charge in [-0.05, 0) is 30.3 Å². The second-order valence-corrected chi connectivity index (χ2v) is 3.80. The molecule has 0 aromatic heterocycles. The van der Waals surface area contributed by atoms with Crippen LogP contribution >= 0.6 is 0 Å². The van der Waals surface area contributed by atoms with Gasteiger partial charge in [0.1, 0.15) is 34.8 Å². The molecule has 0 unspecified atom stereocenters. The molecule has 6 heteroatoms. The zero-order valence-electron chi connectivity index (χ0n) is 9.93. The molecule has 20 heavy (non-hydrogen) atoms. The minimum Gasteiger partial charge on any atom is -0.478 e. The summed E-state index contributed by atoms with van der Waals surface area (Å²) in [6.07, 6.45) is 0. The maximum Gasteiger partial charge on any atom is 0.339 e. The van der Waals surface area contributed by atoms with Crippen LogP contribution in [0, 0.1) is 23.0 Å². The largest absolute Gasteiger partial charge is 0.478 e. The Kier molecular flexibility index (Phi) is 3.62. The maximum atomic E-state index is 13.4. The first kappa shape index (κ1) is 13.5. The molecule has 0 amide bonds. The molecule has 0 radical (unpaired) electrons. The number of rotatable bonds is 3. The molecule has 0 bridgehead atoms. The fourth-order valence-electron chi connectivity index (χ4n) is 1.54. The molecule has 0 aliphatic heterocycles. The molecule has 2 aromatic rings. The molecule has 0 saturated carbocycles. The average molecular weight is 275 g/mol. The van der Waals surface area contributed by atoms with E-state index in [2.05, 4.69) is 0 Å². The van der Waals surface area contributed by atoms with Crippen LogP contribution in [-0.4, -0.2) is 11.1 Å². The number of nitrogens with zero attached hydrogens (tertiary/aromatic N) is 1. The van der Waals surface area contributed by atoms with Crippen LogP contribution in [0.5, 0.6) is 11.5 Å². The number of aromatic carboxylic acids is 1. The summed E-state index contributed by atoms with van der Waals surface area (Å²) >= 11 is 0. The van der Waals surface area contributed by atoms with Crippen molar-refractivity contribution in [2.45, 2.75) is 0 Å². The third-order valence-corrected chi connectivity index (χ3v) is 2.46. The summed E-state index contributed by atoms with van der Waals surface area (Å²) in [5, 5.41) is 17.5. The molecular weight excluding hydrogens is 268 g/mol. The third kappa shape index (κ3) is 2.72. The number of hydrogen-bond acceptors (Lipinski definition) is 3. The van der Waals surface area contributed by atoms with Crippen molar-refractivity contribution in [1.29, 1.82) is 5.26 Å². The first-order chi connectivity index (χ1) is 9.51. The molecule has 1 N–H and O–H groups in total. The Labute approximate surface area is 112 Å². The Bertz CT molecular complexity index is 723. The van der Waals surface area contributed by atoms with Gasteiger partial charge >= 0.3 is 5.97 Å². The van der Waals surface area contributed by atoms with E-state index in [0.717, 1.165) is 24.3 Å². The molecule has 0 saturated heterocycles. The Balaban J connectivity index is 2.38. The first-order valence-corrected chi connectivity index (χ1v) is 5.41. The SMILES string of the molecule is N#Cc1ccc(Oc2ccc(F)cc2C(=O)O)cc1F. The Morgan fingerprint density at radius 1 is 1.20 bits per heavy atom. The summed E-state index contributed by atoms with van der Waals surface area (Å²) < 4.78 is 31.6. The molecular formula is C14H7F2NO3. The Morgan fingerprint density at radius 2 is 1.95 bits per heavy atom. The van der Waals surface area contributed by atoms with Crippen LogP contribution < -0.4 is 4.74 Å².